The highest BCUT2D eigenvalue weighted by molar-refractivity contribution is 4.86. The van der Waals surface area contributed by atoms with E-state index in [1.165, 1.54) is 25.8 Å². The minimum absolute atomic E-state index is 0.421. The maximum atomic E-state index is 5.61. The van der Waals surface area contributed by atoms with E-state index in [2.05, 4.69) is 31.0 Å². The first kappa shape index (κ1) is 14.3. The largest absolute Gasteiger partial charge is 0.380 e. The number of nitrogens with one attached hydrogen (secondary N) is 1. The van der Waals surface area contributed by atoms with Gasteiger partial charge in [0.1, 0.15) is 0 Å². The van der Waals surface area contributed by atoms with E-state index in [0.717, 1.165) is 25.0 Å². The molecule has 1 aliphatic heterocycles. The summed E-state index contributed by atoms with van der Waals surface area (Å²) >= 11 is 0. The van der Waals surface area contributed by atoms with Crippen LogP contribution < -0.4 is 5.32 Å². The predicted octanol–water partition coefficient (Wildman–Crippen LogP) is 2.12. The van der Waals surface area contributed by atoms with Crippen LogP contribution in [-0.4, -0.2) is 49.8 Å². The van der Waals surface area contributed by atoms with Gasteiger partial charge in [0.2, 0.25) is 0 Å². The molecule has 3 heteroatoms. The second kappa shape index (κ2) is 6.36. The molecule has 2 rings (SSSR count). The molecule has 18 heavy (non-hydrogen) atoms. The molecule has 2 fully saturated rings. The second-order valence-corrected chi connectivity index (χ2v) is 6.44. The Labute approximate surface area is 112 Å². The number of hydrogen-bond donors (Lipinski definition) is 1. The van der Waals surface area contributed by atoms with Crippen molar-refractivity contribution >= 4 is 0 Å². The van der Waals surface area contributed by atoms with Crippen molar-refractivity contribution in [2.24, 2.45) is 11.8 Å². The van der Waals surface area contributed by atoms with Crippen LogP contribution in [0.15, 0.2) is 0 Å². The Hall–Kier alpha value is -0.120. The topological polar surface area (TPSA) is 24.5 Å². The lowest BCUT2D eigenvalue weighted by molar-refractivity contribution is -0.0237. The molecule has 1 N–H and O–H groups in total. The van der Waals surface area contributed by atoms with E-state index in [-0.39, 0.29) is 0 Å². The molecule has 1 heterocycles. The lowest BCUT2D eigenvalue weighted by Gasteiger charge is -2.41. The van der Waals surface area contributed by atoms with Gasteiger partial charge in [-0.15, -0.1) is 0 Å². The van der Waals surface area contributed by atoms with Crippen LogP contribution >= 0.6 is 0 Å². The fraction of sp³-hybridized carbons (Fsp3) is 1.00. The van der Waals surface area contributed by atoms with Gasteiger partial charge in [-0.3, -0.25) is 4.90 Å². The zero-order valence-corrected chi connectivity index (χ0v) is 12.5. The van der Waals surface area contributed by atoms with Gasteiger partial charge in [0, 0.05) is 25.7 Å². The van der Waals surface area contributed by atoms with Gasteiger partial charge < -0.3 is 10.1 Å². The molecule has 0 radical (unpaired) electrons. The van der Waals surface area contributed by atoms with Crippen molar-refractivity contribution in [1.29, 1.82) is 0 Å². The van der Waals surface area contributed by atoms with E-state index in [1.807, 2.05) is 7.11 Å². The van der Waals surface area contributed by atoms with E-state index >= 15 is 0 Å². The van der Waals surface area contributed by atoms with Crippen LogP contribution in [-0.2, 0) is 4.74 Å². The number of ether oxygens (including phenoxy) is 1. The Morgan fingerprint density at radius 1 is 1.28 bits per heavy atom. The zero-order valence-electron chi connectivity index (χ0n) is 12.5. The first-order valence-electron chi connectivity index (χ1n) is 7.62. The summed E-state index contributed by atoms with van der Waals surface area (Å²) in [5.41, 5.74) is 0. The lowest BCUT2D eigenvalue weighted by Crippen LogP contribution is -2.50. The van der Waals surface area contributed by atoms with Crippen molar-refractivity contribution in [3.05, 3.63) is 0 Å². The van der Waals surface area contributed by atoms with Gasteiger partial charge >= 0.3 is 0 Å². The summed E-state index contributed by atoms with van der Waals surface area (Å²) in [7, 11) is 1.85. The maximum Gasteiger partial charge on any atom is 0.0724 e. The number of likely N-dealkylation sites (tertiary alicyclic amines) is 1. The molecule has 0 spiro atoms. The van der Waals surface area contributed by atoms with Crippen LogP contribution in [0.5, 0.6) is 0 Å². The molecule has 0 aromatic heterocycles. The molecule has 1 saturated heterocycles. The summed E-state index contributed by atoms with van der Waals surface area (Å²) in [6, 6.07) is 1.48. The lowest BCUT2D eigenvalue weighted by atomic mass is 9.92. The summed E-state index contributed by atoms with van der Waals surface area (Å²) in [6.45, 7) is 10.6. The molecule has 4 atom stereocenters. The average molecular weight is 254 g/mol. The monoisotopic (exact) mass is 254 g/mol. The molecule has 4 unspecified atom stereocenters. The smallest absolute Gasteiger partial charge is 0.0724 e. The van der Waals surface area contributed by atoms with Crippen LogP contribution in [0.1, 0.15) is 40.0 Å². The van der Waals surface area contributed by atoms with Gasteiger partial charge in [0.25, 0.3) is 0 Å². The SMILES string of the molecule is COC1CN(C(C)C(C)CNC2CC2)CCC1C. The van der Waals surface area contributed by atoms with Crippen molar-refractivity contribution in [2.75, 3.05) is 26.7 Å². The summed E-state index contributed by atoms with van der Waals surface area (Å²) in [6.07, 6.45) is 4.46. The van der Waals surface area contributed by atoms with E-state index in [0.29, 0.717) is 18.1 Å². The molecule has 1 saturated carbocycles. The van der Waals surface area contributed by atoms with Crippen LogP contribution in [0.25, 0.3) is 0 Å². The van der Waals surface area contributed by atoms with Gasteiger partial charge in [-0.05, 0) is 51.1 Å². The van der Waals surface area contributed by atoms with Crippen LogP contribution in [0.4, 0.5) is 0 Å². The molecular formula is C15H30N2O. The third-order valence-electron chi connectivity index (χ3n) is 4.93. The Balaban J connectivity index is 1.77. The highest BCUT2D eigenvalue weighted by Crippen LogP contribution is 2.24. The third kappa shape index (κ3) is 3.69. The quantitative estimate of drug-likeness (QED) is 0.786. The van der Waals surface area contributed by atoms with Crippen molar-refractivity contribution < 1.29 is 4.74 Å². The first-order chi connectivity index (χ1) is 8.61. The molecule has 1 aliphatic carbocycles. The first-order valence-corrected chi connectivity index (χ1v) is 7.62. The fourth-order valence-corrected chi connectivity index (χ4v) is 2.90. The number of rotatable bonds is 6. The Kier molecular flexibility index (Phi) is 5.05. The Bertz CT molecular complexity index is 255. The molecule has 2 aliphatic rings. The standard InChI is InChI=1S/C15H30N2O/c1-11-7-8-17(10-15(11)18-4)13(3)12(2)9-16-14-5-6-14/h11-16H,5-10H2,1-4H3. The van der Waals surface area contributed by atoms with E-state index in [9.17, 15) is 0 Å². The van der Waals surface area contributed by atoms with Gasteiger partial charge in [-0.25, -0.2) is 0 Å². The summed E-state index contributed by atoms with van der Waals surface area (Å²) in [5.74, 6) is 1.43. The summed E-state index contributed by atoms with van der Waals surface area (Å²) < 4.78 is 5.61. The van der Waals surface area contributed by atoms with Gasteiger partial charge in [-0.2, -0.15) is 0 Å². The molecule has 106 valence electrons. The highest BCUT2D eigenvalue weighted by atomic mass is 16.5. The zero-order chi connectivity index (χ0) is 13.1. The number of methoxy groups -OCH3 is 1. The molecular weight excluding hydrogens is 224 g/mol. The van der Waals surface area contributed by atoms with Crippen LogP contribution in [0, 0.1) is 11.8 Å². The van der Waals surface area contributed by atoms with Crippen LogP contribution in [0.3, 0.4) is 0 Å². The number of hydrogen-bond acceptors (Lipinski definition) is 3. The minimum atomic E-state index is 0.421. The Morgan fingerprint density at radius 3 is 2.61 bits per heavy atom. The predicted molar refractivity (Wildman–Crippen MR) is 75.8 cm³/mol. The van der Waals surface area contributed by atoms with Gasteiger partial charge in [0.05, 0.1) is 6.10 Å². The molecule has 3 nitrogen and oxygen atoms in total. The Morgan fingerprint density at radius 2 is 2.00 bits per heavy atom. The van der Waals surface area contributed by atoms with Gasteiger partial charge in [0.15, 0.2) is 0 Å². The average Bonchev–Trinajstić information content (AvgIpc) is 3.19. The van der Waals surface area contributed by atoms with Crippen molar-refractivity contribution in [1.82, 2.24) is 10.2 Å². The van der Waals surface area contributed by atoms with E-state index in [1.54, 1.807) is 0 Å². The maximum absolute atomic E-state index is 5.61. The van der Waals surface area contributed by atoms with Crippen molar-refractivity contribution in [2.45, 2.75) is 58.2 Å². The van der Waals surface area contributed by atoms with Crippen LogP contribution in [0.2, 0.25) is 0 Å². The summed E-state index contributed by atoms with van der Waals surface area (Å²) in [5, 5.41) is 3.65. The fourth-order valence-electron chi connectivity index (χ4n) is 2.90. The summed E-state index contributed by atoms with van der Waals surface area (Å²) in [4.78, 5) is 2.62. The van der Waals surface area contributed by atoms with Crippen molar-refractivity contribution in [3.63, 3.8) is 0 Å². The highest BCUT2D eigenvalue weighted by Gasteiger charge is 2.31. The molecule has 0 bridgehead atoms. The second-order valence-electron chi connectivity index (χ2n) is 6.44. The van der Waals surface area contributed by atoms with Crippen molar-refractivity contribution in [3.8, 4) is 0 Å². The van der Waals surface area contributed by atoms with Gasteiger partial charge in [-0.1, -0.05) is 13.8 Å². The molecule has 0 amide bonds. The van der Waals surface area contributed by atoms with E-state index in [4.69, 9.17) is 4.74 Å². The molecule has 0 aromatic rings. The van der Waals surface area contributed by atoms with E-state index < -0.39 is 0 Å². The minimum Gasteiger partial charge on any atom is -0.380 e. The third-order valence-corrected chi connectivity index (χ3v) is 4.93. The normalized spacial score (nSPS) is 33.3. The number of piperidine rings is 1. The molecule has 0 aromatic carbocycles. The number of nitrogens with zero attached hydrogens (tertiary/aromatic N) is 1.